The number of carbonyl (C=O) groups excluding carboxylic acids is 2. The number of aryl methyl sites for hydroxylation is 1. The molecule has 1 heterocycles. The Balaban J connectivity index is 2.01. The van der Waals surface area contributed by atoms with Gasteiger partial charge < -0.3 is 14.6 Å². The van der Waals surface area contributed by atoms with Crippen LogP contribution in [-0.2, 0) is 16.6 Å². The van der Waals surface area contributed by atoms with E-state index < -0.39 is 18.0 Å². The summed E-state index contributed by atoms with van der Waals surface area (Å²) >= 11 is 11.8. The van der Waals surface area contributed by atoms with Gasteiger partial charge in [-0.1, -0.05) is 40.9 Å². The second kappa shape index (κ2) is 7.06. The molecule has 1 amide bonds. The summed E-state index contributed by atoms with van der Waals surface area (Å²) in [5.74, 6) is -1.10. The van der Waals surface area contributed by atoms with Crippen molar-refractivity contribution in [2.45, 2.75) is 20.0 Å². The molecule has 0 radical (unpaired) electrons. The standard InChI is InChI=1S/C16H16Cl2N2O3/c1-9-4-6-11(7-5-9)19-15(21)10(2)23-16(22)13-8-12(17)14(18)20(13)3/h4-8,10H,1-3H3,(H,19,21). The molecule has 0 aliphatic rings. The summed E-state index contributed by atoms with van der Waals surface area (Å²) in [7, 11) is 1.59. The van der Waals surface area contributed by atoms with Gasteiger partial charge in [0.05, 0.1) is 5.02 Å². The van der Waals surface area contributed by atoms with Crippen molar-refractivity contribution in [3.05, 3.63) is 51.8 Å². The fourth-order valence-corrected chi connectivity index (χ4v) is 2.27. The first-order valence-electron chi connectivity index (χ1n) is 6.89. The maximum Gasteiger partial charge on any atom is 0.355 e. The molecule has 7 heteroatoms. The number of esters is 1. The van der Waals surface area contributed by atoms with Crippen molar-refractivity contribution in [2.75, 3.05) is 5.32 Å². The molecule has 1 aromatic heterocycles. The average Bonchev–Trinajstić information content (AvgIpc) is 2.77. The van der Waals surface area contributed by atoms with Gasteiger partial charge in [0.15, 0.2) is 6.10 Å². The van der Waals surface area contributed by atoms with E-state index in [1.165, 1.54) is 17.6 Å². The largest absolute Gasteiger partial charge is 0.448 e. The van der Waals surface area contributed by atoms with Gasteiger partial charge in [-0.05, 0) is 32.0 Å². The first-order valence-corrected chi connectivity index (χ1v) is 7.64. The fraction of sp³-hybridized carbons (Fsp3) is 0.250. The molecule has 23 heavy (non-hydrogen) atoms. The highest BCUT2D eigenvalue weighted by molar-refractivity contribution is 6.41. The molecule has 0 aliphatic carbocycles. The lowest BCUT2D eigenvalue weighted by atomic mass is 10.2. The van der Waals surface area contributed by atoms with Gasteiger partial charge >= 0.3 is 5.97 Å². The summed E-state index contributed by atoms with van der Waals surface area (Å²) in [6.45, 7) is 3.44. The number of ether oxygens (including phenoxy) is 1. The summed E-state index contributed by atoms with van der Waals surface area (Å²) in [5, 5.41) is 3.16. The van der Waals surface area contributed by atoms with Gasteiger partial charge in [0.25, 0.3) is 5.91 Å². The lowest BCUT2D eigenvalue weighted by Gasteiger charge is -2.14. The number of anilines is 1. The molecule has 1 N–H and O–H groups in total. The molecule has 2 rings (SSSR count). The minimum absolute atomic E-state index is 0.176. The molecule has 0 bridgehead atoms. The van der Waals surface area contributed by atoms with Crippen LogP contribution < -0.4 is 5.32 Å². The van der Waals surface area contributed by atoms with Gasteiger partial charge in [-0.3, -0.25) is 4.79 Å². The van der Waals surface area contributed by atoms with Crippen molar-refractivity contribution < 1.29 is 14.3 Å². The predicted molar refractivity (Wildman–Crippen MR) is 90.1 cm³/mol. The molecule has 5 nitrogen and oxygen atoms in total. The molecular formula is C16H16Cl2N2O3. The van der Waals surface area contributed by atoms with E-state index in [0.29, 0.717) is 5.69 Å². The highest BCUT2D eigenvalue weighted by Gasteiger charge is 2.22. The van der Waals surface area contributed by atoms with Crippen molar-refractivity contribution in [3.63, 3.8) is 0 Å². The SMILES string of the molecule is Cc1ccc(NC(=O)C(C)OC(=O)c2cc(Cl)c(Cl)n2C)cc1. The van der Waals surface area contributed by atoms with Crippen molar-refractivity contribution in [1.82, 2.24) is 4.57 Å². The monoisotopic (exact) mass is 354 g/mol. The number of halogens is 2. The highest BCUT2D eigenvalue weighted by Crippen LogP contribution is 2.25. The number of nitrogens with one attached hydrogen (secondary N) is 1. The third-order valence-corrected chi connectivity index (χ3v) is 4.14. The Bertz CT molecular complexity index is 739. The summed E-state index contributed by atoms with van der Waals surface area (Å²) in [6.07, 6.45) is -0.962. The first kappa shape index (κ1) is 17.4. The molecule has 1 unspecified atom stereocenters. The third kappa shape index (κ3) is 4.06. The lowest BCUT2D eigenvalue weighted by Crippen LogP contribution is -2.30. The summed E-state index contributed by atoms with van der Waals surface area (Å²) in [5.41, 5.74) is 1.89. The number of hydrogen-bond acceptors (Lipinski definition) is 3. The van der Waals surface area contributed by atoms with Gasteiger partial charge in [0, 0.05) is 12.7 Å². The molecule has 0 spiro atoms. The third-order valence-electron chi connectivity index (χ3n) is 3.30. The number of rotatable bonds is 4. The number of amides is 1. The number of benzene rings is 1. The first-order chi connectivity index (χ1) is 10.8. The lowest BCUT2D eigenvalue weighted by molar-refractivity contribution is -0.123. The van der Waals surface area contributed by atoms with Crippen LogP contribution in [0.1, 0.15) is 23.0 Å². The Kier molecular flexibility index (Phi) is 5.34. The van der Waals surface area contributed by atoms with Crippen LogP contribution >= 0.6 is 23.2 Å². The Morgan fingerprint density at radius 1 is 1.22 bits per heavy atom. The summed E-state index contributed by atoms with van der Waals surface area (Å²) < 4.78 is 6.55. The minimum Gasteiger partial charge on any atom is -0.448 e. The fourth-order valence-electron chi connectivity index (χ4n) is 1.89. The predicted octanol–water partition coefficient (Wildman–Crippen LogP) is 3.82. The molecule has 0 saturated carbocycles. The molecule has 2 aromatic rings. The zero-order valence-corrected chi connectivity index (χ0v) is 14.4. The van der Waals surface area contributed by atoms with E-state index >= 15 is 0 Å². The topological polar surface area (TPSA) is 60.3 Å². The van der Waals surface area contributed by atoms with E-state index in [1.54, 1.807) is 19.2 Å². The van der Waals surface area contributed by atoms with Crippen molar-refractivity contribution in [1.29, 1.82) is 0 Å². The normalized spacial score (nSPS) is 11.9. The van der Waals surface area contributed by atoms with E-state index in [4.69, 9.17) is 27.9 Å². The highest BCUT2D eigenvalue weighted by atomic mass is 35.5. The van der Waals surface area contributed by atoms with Crippen LogP contribution in [0.3, 0.4) is 0 Å². The van der Waals surface area contributed by atoms with Crippen LogP contribution in [0.25, 0.3) is 0 Å². The zero-order valence-electron chi connectivity index (χ0n) is 12.9. The number of hydrogen-bond donors (Lipinski definition) is 1. The smallest absolute Gasteiger partial charge is 0.355 e. The van der Waals surface area contributed by atoms with Gasteiger partial charge in [-0.2, -0.15) is 0 Å². The van der Waals surface area contributed by atoms with E-state index in [0.717, 1.165) is 5.56 Å². The molecular weight excluding hydrogens is 339 g/mol. The molecule has 1 aromatic carbocycles. The number of nitrogens with zero attached hydrogens (tertiary/aromatic N) is 1. The van der Waals surface area contributed by atoms with Gasteiger partial charge in [-0.15, -0.1) is 0 Å². The Morgan fingerprint density at radius 3 is 2.35 bits per heavy atom. The Labute approximate surface area is 144 Å². The summed E-state index contributed by atoms with van der Waals surface area (Å²) in [6, 6.07) is 8.70. The Morgan fingerprint density at radius 2 is 1.83 bits per heavy atom. The van der Waals surface area contributed by atoms with E-state index in [1.807, 2.05) is 19.1 Å². The second-order valence-corrected chi connectivity index (χ2v) is 5.90. The maximum atomic E-state index is 12.1. The molecule has 0 saturated heterocycles. The van der Waals surface area contributed by atoms with Crippen LogP contribution in [0.5, 0.6) is 0 Å². The van der Waals surface area contributed by atoms with Crippen LogP contribution in [0, 0.1) is 6.92 Å². The molecule has 1 atom stereocenters. The average molecular weight is 355 g/mol. The van der Waals surface area contributed by atoms with E-state index in [2.05, 4.69) is 5.32 Å². The molecule has 0 aliphatic heterocycles. The van der Waals surface area contributed by atoms with Crippen molar-refractivity contribution >= 4 is 40.8 Å². The van der Waals surface area contributed by atoms with Gasteiger partial charge in [0.2, 0.25) is 0 Å². The summed E-state index contributed by atoms with van der Waals surface area (Å²) in [4.78, 5) is 24.2. The Hall–Kier alpha value is -1.98. The number of aromatic nitrogens is 1. The number of carbonyl (C=O) groups is 2. The van der Waals surface area contributed by atoms with E-state index in [-0.39, 0.29) is 15.9 Å². The van der Waals surface area contributed by atoms with E-state index in [9.17, 15) is 9.59 Å². The quantitative estimate of drug-likeness (QED) is 0.848. The second-order valence-electron chi connectivity index (χ2n) is 5.13. The van der Waals surface area contributed by atoms with Crippen molar-refractivity contribution in [2.24, 2.45) is 7.05 Å². The van der Waals surface area contributed by atoms with Crippen LogP contribution in [-0.4, -0.2) is 22.5 Å². The van der Waals surface area contributed by atoms with Crippen LogP contribution in [0.2, 0.25) is 10.2 Å². The van der Waals surface area contributed by atoms with Gasteiger partial charge in [-0.25, -0.2) is 4.79 Å². The zero-order chi connectivity index (χ0) is 17.1. The molecule has 122 valence electrons. The minimum atomic E-state index is -0.962. The van der Waals surface area contributed by atoms with Crippen LogP contribution in [0.15, 0.2) is 30.3 Å². The maximum absolute atomic E-state index is 12.1. The molecule has 0 fully saturated rings. The van der Waals surface area contributed by atoms with Gasteiger partial charge in [0.1, 0.15) is 10.8 Å². The van der Waals surface area contributed by atoms with Crippen molar-refractivity contribution in [3.8, 4) is 0 Å². The van der Waals surface area contributed by atoms with Crippen LogP contribution in [0.4, 0.5) is 5.69 Å².